The molecule has 0 aliphatic heterocycles. The second-order valence-electron chi connectivity index (χ2n) is 4.19. The average Bonchev–Trinajstić information content (AvgIpc) is 2.31. The van der Waals surface area contributed by atoms with E-state index >= 15 is 0 Å². The van der Waals surface area contributed by atoms with Gasteiger partial charge in [0.2, 0.25) is 0 Å². The van der Waals surface area contributed by atoms with Gasteiger partial charge in [0.1, 0.15) is 11.7 Å². The normalized spacial score (nSPS) is 13.5. The van der Waals surface area contributed by atoms with Gasteiger partial charge in [-0.1, -0.05) is 6.92 Å². The number of hydrogen-bond acceptors (Lipinski definition) is 2. The van der Waals surface area contributed by atoms with Crippen LogP contribution in [0.15, 0.2) is 24.3 Å². The van der Waals surface area contributed by atoms with Crippen molar-refractivity contribution in [2.75, 3.05) is 5.32 Å². The van der Waals surface area contributed by atoms with E-state index in [1.807, 2.05) is 6.92 Å². The molecule has 0 aliphatic carbocycles. The summed E-state index contributed by atoms with van der Waals surface area (Å²) in [6, 6.07) is 4.91. The zero-order valence-corrected chi connectivity index (χ0v) is 10.4. The van der Waals surface area contributed by atoms with Gasteiger partial charge in [-0.05, 0) is 37.6 Å². The number of hydrogen-bond donors (Lipinski definition) is 4. The van der Waals surface area contributed by atoms with E-state index in [0.29, 0.717) is 12.1 Å². The summed E-state index contributed by atoms with van der Waals surface area (Å²) in [5.41, 5.74) is 5.02. The average molecular weight is 252 g/mol. The van der Waals surface area contributed by atoms with Crippen LogP contribution in [0.25, 0.3) is 0 Å². The molecule has 0 spiro atoms. The standard InChI is InChI=1S/C12H17FN4O/c1-3-12(2,10(14)15)17-11(18)16-9-6-4-8(13)5-7-9/h4-7H,3H2,1-2H3,(H3,14,15)(H2,16,17,18). The first-order valence-electron chi connectivity index (χ1n) is 5.56. The third-order valence-corrected chi connectivity index (χ3v) is 2.79. The molecule has 0 fully saturated rings. The number of nitrogens with two attached hydrogens (primary N) is 1. The van der Waals surface area contributed by atoms with Gasteiger partial charge in [-0.3, -0.25) is 5.41 Å². The molecule has 0 saturated carbocycles. The first kappa shape index (κ1) is 14.0. The van der Waals surface area contributed by atoms with Crippen molar-refractivity contribution in [3.63, 3.8) is 0 Å². The Kier molecular flexibility index (Phi) is 4.25. The molecule has 98 valence electrons. The molecule has 0 aromatic heterocycles. The number of rotatable bonds is 4. The molecule has 18 heavy (non-hydrogen) atoms. The van der Waals surface area contributed by atoms with Crippen LogP contribution in [0.1, 0.15) is 20.3 Å². The quantitative estimate of drug-likeness (QED) is 0.488. The van der Waals surface area contributed by atoms with Crippen molar-refractivity contribution in [2.24, 2.45) is 5.73 Å². The van der Waals surface area contributed by atoms with E-state index in [-0.39, 0.29) is 11.7 Å². The van der Waals surface area contributed by atoms with Crippen LogP contribution < -0.4 is 16.4 Å². The van der Waals surface area contributed by atoms with E-state index in [9.17, 15) is 9.18 Å². The summed E-state index contributed by atoms with van der Waals surface area (Å²) in [7, 11) is 0. The van der Waals surface area contributed by atoms with Gasteiger partial charge in [0.25, 0.3) is 0 Å². The zero-order valence-electron chi connectivity index (χ0n) is 10.4. The van der Waals surface area contributed by atoms with E-state index < -0.39 is 11.6 Å². The van der Waals surface area contributed by atoms with Crippen molar-refractivity contribution in [1.29, 1.82) is 5.41 Å². The summed E-state index contributed by atoms with van der Waals surface area (Å²) in [5.74, 6) is -0.484. The Bertz CT molecular complexity index is 446. The summed E-state index contributed by atoms with van der Waals surface area (Å²) < 4.78 is 12.7. The Labute approximate surface area is 105 Å². The van der Waals surface area contributed by atoms with Gasteiger partial charge in [-0.25, -0.2) is 9.18 Å². The largest absolute Gasteiger partial charge is 0.386 e. The fraction of sp³-hybridized carbons (Fsp3) is 0.333. The van der Waals surface area contributed by atoms with Gasteiger partial charge in [-0.2, -0.15) is 0 Å². The maximum Gasteiger partial charge on any atom is 0.320 e. The highest BCUT2D eigenvalue weighted by molar-refractivity contribution is 5.96. The van der Waals surface area contributed by atoms with Crippen LogP contribution in [-0.4, -0.2) is 17.4 Å². The minimum absolute atomic E-state index is 0.112. The molecule has 1 unspecified atom stereocenters. The molecule has 1 aromatic carbocycles. The molecule has 1 rings (SSSR count). The summed E-state index contributed by atoms with van der Waals surface area (Å²) in [4.78, 5) is 11.7. The second-order valence-corrected chi connectivity index (χ2v) is 4.19. The van der Waals surface area contributed by atoms with E-state index in [2.05, 4.69) is 10.6 Å². The Morgan fingerprint density at radius 1 is 1.44 bits per heavy atom. The number of carbonyl (C=O) groups excluding carboxylic acids is 1. The molecule has 0 radical (unpaired) electrons. The number of anilines is 1. The molecule has 0 bridgehead atoms. The van der Waals surface area contributed by atoms with Crippen molar-refractivity contribution >= 4 is 17.6 Å². The van der Waals surface area contributed by atoms with Crippen LogP contribution in [0.3, 0.4) is 0 Å². The van der Waals surface area contributed by atoms with Crippen LogP contribution in [0.5, 0.6) is 0 Å². The molecule has 1 atom stereocenters. The lowest BCUT2D eigenvalue weighted by Crippen LogP contribution is -2.55. The smallest absolute Gasteiger partial charge is 0.320 e. The van der Waals surface area contributed by atoms with E-state index in [1.54, 1.807) is 6.92 Å². The maximum absolute atomic E-state index is 12.7. The van der Waals surface area contributed by atoms with Crippen LogP contribution in [0.4, 0.5) is 14.9 Å². The van der Waals surface area contributed by atoms with Crippen molar-refractivity contribution in [2.45, 2.75) is 25.8 Å². The molecule has 5 nitrogen and oxygen atoms in total. The lowest BCUT2D eigenvalue weighted by Gasteiger charge is -2.28. The Morgan fingerprint density at radius 3 is 2.44 bits per heavy atom. The molecule has 6 heteroatoms. The van der Waals surface area contributed by atoms with Crippen molar-refractivity contribution < 1.29 is 9.18 Å². The molecule has 0 saturated heterocycles. The van der Waals surface area contributed by atoms with Gasteiger partial charge >= 0.3 is 6.03 Å². The lowest BCUT2D eigenvalue weighted by atomic mass is 9.98. The molecule has 2 amide bonds. The van der Waals surface area contributed by atoms with E-state index in [4.69, 9.17) is 11.1 Å². The van der Waals surface area contributed by atoms with Gasteiger partial charge < -0.3 is 16.4 Å². The second kappa shape index (κ2) is 5.48. The Hall–Kier alpha value is -2.11. The summed E-state index contributed by atoms with van der Waals surface area (Å²) >= 11 is 0. The number of benzene rings is 1. The molecule has 5 N–H and O–H groups in total. The fourth-order valence-corrected chi connectivity index (χ4v) is 1.29. The predicted molar refractivity (Wildman–Crippen MR) is 69.2 cm³/mol. The highest BCUT2D eigenvalue weighted by Crippen LogP contribution is 2.11. The van der Waals surface area contributed by atoms with Crippen molar-refractivity contribution in [3.8, 4) is 0 Å². The van der Waals surface area contributed by atoms with Gasteiger partial charge in [0.05, 0.1) is 5.54 Å². The van der Waals surface area contributed by atoms with Gasteiger partial charge in [0, 0.05) is 5.69 Å². The first-order chi connectivity index (χ1) is 8.37. The number of amidine groups is 1. The Balaban J connectivity index is 2.66. The zero-order chi connectivity index (χ0) is 13.8. The van der Waals surface area contributed by atoms with Crippen molar-refractivity contribution in [3.05, 3.63) is 30.1 Å². The number of amides is 2. The summed E-state index contributed by atoms with van der Waals surface area (Å²) in [5, 5.41) is 12.6. The minimum Gasteiger partial charge on any atom is -0.386 e. The van der Waals surface area contributed by atoms with Crippen LogP contribution >= 0.6 is 0 Å². The lowest BCUT2D eigenvalue weighted by molar-refractivity contribution is 0.245. The van der Waals surface area contributed by atoms with Gasteiger partial charge in [0.15, 0.2) is 0 Å². The number of urea groups is 1. The highest BCUT2D eigenvalue weighted by Gasteiger charge is 2.27. The molecule has 0 heterocycles. The number of carbonyl (C=O) groups is 1. The number of nitrogens with one attached hydrogen (secondary N) is 3. The van der Waals surface area contributed by atoms with Crippen LogP contribution in [0.2, 0.25) is 0 Å². The van der Waals surface area contributed by atoms with E-state index in [1.165, 1.54) is 24.3 Å². The minimum atomic E-state index is -0.885. The van der Waals surface area contributed by atoms with Gasteiger partial charge in [-0.15, -0.1) is 0 Å². The third kappa shape index (κ3) is 3.44. The van der Waals surface area contributed by atoms with E-state index in [0.717, 1.165) is 0 Å². The molecular formula is C12H17FN4O. The monoisotopic (exact) mass is 252 g/mol. The highest BCUT2D eigenvalue weighted by atomic mass is 19.1. The molecular weight excluding hydrogens is 235 g/mol. The molecule has 1 aromatic rings. The maximum atomic E-state index is 12.7. The van der Waals surface area contributed by atoms with Crippen LogP contribution in [0, 0.1) is 11.2 Å². The topological polar surface area (TPSA) is 91.0 Å². The Morgan fingerprint density at radius 2 is 2.00 bits per heavy atom. The third-order valence-electron chi connectivity index (χ3n) is 2.79. The van der Waals surface area contributed by atoms with Crippen LogP contribution in [-0.2, 0) is 0 Å². The summed E-state index contributed by atoms with van der Waals surface area (Å²) in [6.45, 7) is 3.49. The number of halogens is 1. The summed E-state index contributed by atoms with van der Waals surface area (Å²) in [6.07, 6.45) is 0.499. The fourth-order valence-electron chi connectivity index (χ4n) is 1.29. The predicted octanol–water partition coefficient (Wildman–Crippen LogP) is 2.05. The SMILES string of the molecule is CCC(C)(NC(=O)Nc1ccc(F)cc1)C(=N)N. The first-order valence-corrected chi connectivity index (χ1v) is 5.56. The molecule has 0 aliphatic rings. The van der Waals surface area contributed by atoms with Crippen molar-refractivity contribution in [1.82, 2.24) is 5.32 Å².